The Morgan fingerprint density at radius 2 is 1.45 bits per heavy atom. The summed E-state index contributed by atoms with van der Waals surface area (Å²) in [6.45, 7) is 0. The Labute approximate surface area is 129 Å². The van der Waals surface area contributed by atoms with Crippen molar-refractivity contribution in [2.24, 2.45) is 0 Å². The van der Waals surface area contributed by atoms with Gasteiger partial charge in [-0.2, -0.15) is 0 Å². The lowest BCUT2D eigenvalue weighted by atomic mass is 10.0. The van der Waals surface area contributed by atoms with Gasteiger partial charge >= 0.3 is 0 Å². The van der Waals surface area contributed by atoms with E-state index in [1.54, 1.807) is 0 Å². The second kappa shape index (κ2) is 4.72. The zero-order chi connectivity index (χ0) is 13.5. The molecular formula is C18H11BrS. The van der Waals surface area contributed by atoms with Crippen LogP contribution in [0.3, 0.4) is 0 Å². The summed E-state index contributed by atoms with van der Waals surface area (Å²) in [6, 6.07) is 23.6. The summed E-state index contributed by atoms with van der Waals surface area (Å²) in [5.41, 5.74) is 2.51. The minimum atomic E-state index is 1.18. The highest BCUT2D eigenvalue weighted by atomic mass is 79.9. The summed E-state index contributed by atoms with van der Waals surface area (Å²) < 4.78 is 3.84. The van der Waals surface area contributed by atoms with E-state index in [1.807, 2.05) is 11.3 Å². The molecule has 4 aromatic rings. The third kappa shape index (κ3) is 1.88. The molecule has 0 atom stereocenters. The minimum Gasteiger partial charge on any atom is -0.134 e. The average Bonchev–Trinajstić information content (AvgIpc) is 2.88. The summed E-state index contributed by atoms with van der Waals surface area (Å²) in [6.07, 6.45) is 0. The quantitative estimate of drug-likeness (QED) is 0.372. The van der Waals surface area contributed by atoms with Gasteiger partial charge in [-0.15, -0.1) is 11.3 Å². The molecule has 0 bridgehead atoms. The van der Waals surface area contributed by atoms with E-state index in [0.717, 1.165) is 0 Å². The van der Waals surface area contributed by atoms with Gasteiger partial charge in [-0.1, -0.05) is 48.5 Å². The van der Waals surface area contributed by atoms with Crippen LogP contribution < -0.4 is 0 Å². The van der Waals surface area contributed by atoms with Gasteiger partial charge in [0, 0.05) is 24.6 Å². The third-order valence-corrected chi connectivity index (χ3v) is 5.65. The fourth-order valence-electron chi connectivity index (χ4n) is 2.58. The number of rotatable bonds is 1. The molecule has 0 amide bonds. The van der Waals surface area contributed by atoms with E-state index in [9.17, 15) is 0 Å². The standard InChI is InChI=1S/C18H11BrS/c19-16-11-13(12-6-2-1-3-7-12)10-15-14-8-4-5-9-17(14)20-18(15)16/h1-11H. The van der Waals surface area contributed by atoms with Crippen molar-refractivity contribution in [1.29, 1.82) is 0 Å². The van der Waals surface area contributed by atoms with Gasteiger partial charge in [0.05, 0.1) is 0 Å². The fraction of sp³-hybridized carbons (Fsp3) is 0. The van der Waals surface area contributed by atoms with Crippen molar-refractivity contribution in [2.75, 3.05) is 0 Å². The highest BCUT2D eigenvalue weighted by molar-refractivity contribution is 9.10. The molecular weight excluding hydrogens is 328 g/mol. The van der Waals surface area contributed by atoms with E-state index in [2.05, 4.69) is 82.7 Å². The molecule has 1 aromatic heterocycles. The molecule has 0 aliphatic heterocycles. The normalized spacial score (nSPS) is 11.2. The Kier molecular flexibility index (Phi) is 2.86. The van der Waals surface area contributed by atoms with Crippen LogP contribution in [0.4, 0.5) is 0 Å². The predicted octanol–water partition coefficient (Wildman–Crippen LogP) is 6.48. The van der Waals surface area contributed by atoms with Crippen molar-refractivity contribution in [3.8, 4) is 11.1 Å². The maximum absolute atomic E-state index is 3.73. The van der Waals surface area contributed by atoms with E-state index in [0.29, 0.717) is 0 Å². The zero-order valence-corrected chi connectivity index (χ0v) is 13.0. The molecule has 0 saturated heterocycles. The number of halogens is 1. The second-order valence-electron chi connectivity index (χ2n) is 4.80. The Morgan fingerprint density at radius 3 is 2.30 bits per heavy atom. The highest BCUT2D eigenvalue weighted by Gasteiger charge is 2.09. The molecule has 2 heteroatoms. The van der Waals surface area contributed by atoms with Crippen molar-refractivity contribution >= 4 is 47.4 Å². The van der Waals surface area contributed by atoms with Crippen LogP contribution in [0.2, 0.25) is 0 Å². The van der Waals surface area contributed by atoms with Gasteiger partial charge in [0.2, 0.25) is 0 Å². The van der Waals surface area contributed by atoms with Crippen molar-refractivity contribution in [2.45, 2.75) is 0 Å². The van der Waals surface area contributed by atoms with Crippen LogP contribution in [0.1, 0.15) is 0 Å². The summed E-state index contributed by atoms with van der Waals surface area (Å²) >= 11 is 5.58. The van der Waals surface area contributed by atoms with Gasteiger partial charge in [-0.05, 0) is 45.3 Å². The smallest absolute Gasteiger partial charge is 0.0497 e. The number of benzene rings is 3. The van der Waals surface area contributed by atoms with E-state index in [1.165, 1.54) is 35.8 Å². The van der Waals surface area contributed by atoms with Gasteiger partial charge in [-0.25, -0.2) is 0 Å². The molecule has 1 heterocycles. The van der Waals surface area contributed by atoms with Gasteiger partial charge < -0.3 is 0 Å². The van der Waals surface area contributed by atoms with E-state index >= 15 is 0 Å². The summed E-state index contributed by atoms with van der Waals surface area (Å²) in [5, 5.41) is 2.67. The van der Waals surface area contributed by atoms with Crippen molar-refractivity contribution in [3.05, 3.63) is 71.2 Å². The molecule has 0 radical (unpaired) electrons. The molecule has 0 spiro atoms. The first-order chi connectivity index (χ1) is 9.83. The van der Waals surface area contributed by atoms with Crippen LogP contribution in [0.25, 0.3) is 31.3 Å². The van der Waals surface area contributed by atoms with Crippen LogP contribution in [0.5, 0.6) is 0 Å². The van der Waals surface area contributed by atoms with Crippen LogP contribution in [-0.4, -0.2) is 0 Å². The first-order valence-electron chi connectivity index (χ1n) is 6.49. The van der Waals surface area contributed by atoms with Gasteiger partial charge in [0.25, 0.3) is 0 Å². The Hall–Kier alpha value is -1.64. The Balaban J connectivity index is 2.08. The Bertz CT molecular complexity index is 907. The summed E-state index contributed by atoms with van der Waals surface area (Å²) in [5.74, 6) is 0. The molecule has 20 heavy (non-hydrogen) atoms. The first-order valence-corrected chi connectivity index (χ1v) is 8.10. The molecule has 0 N–H and O–H groups in total. The fourth-order valence-corrected chi connectivity index (χ4v) is 4.38. The number of hydrogen-bond acceptors (Lipinski definition) is 1. The van der Waals surface area contributed by atoms with Gasteiger partial charge in [0.15, 0.2) is 0 Å². The van der Waals surface area contributed by atoms with Crippen LogP contribution in [0.15, 0.2) is 71.2 Å². The molecule has 3 aromatic carbocycles. The predicted molar refractivity (Wildman–Crippen MR) is 92.5 cm³/mol. The molecule has 0 aliphatic carbocycles. The van der Waals surface area contributed by atoms with Crippen LogP contribution in [0, 0.1) is 0 Å². The molecule has 0 unspecified atom stereocenters. The number of hydrogen-bond donors (Lipinski definition) is 0. The molecule has 4 rings (SSSR count). The second-order valence-corrected chi connectivity index (χ2v) is 6.71. The van der Waals surface area contributed by atoms with E-state index in [4.69, 9.17) is 0 Å². The highest BCUT2D eigenvalue weighted by Crippen LogP contribution is 2.40. The molecule has 0 nitrogen and oxygen atoms in total. The van der Waals surface area contributed by atoms with Gasteiger partial charge in [0.1, 0.15) is 0 Å². The Morgan fingerprint density at radius 1 is 0.700 bits per heavy atom. The van der Waals surface area contributed by atoms with Crippen molar-refractivity contribution in [1.82, 2.24) is 0 Å². The SMILES string of the molecule is Brc1cc(-c2ccccc2)cc2c1sc1ccccc12. The van der Waals surface area contributed by atoms with Crippen molar-refractivity contribution in [3.63, 3.8) is 0 Å². The zero-order valence-electron chi connectivity index (χ0n) is 10.6. The summed E-state index contributed by atoms with van der Waals surface area (Å²) in [4.78, 5) is 0. The number of fused-ring (bicyclic) bond motifs is 3. The molecule has 0 fully saturated rings. The number of thiophene rings is 1. The maximum atomic E-state index is 3.73. The lowest BCUT2D eigenvalue weighted by Gasteiger charge is -2.04. The molecule has 96 valence electrons. The first kappa shape index (κ1) is 12.1. The average molecular weight is 339 g/mol. The third-order valence-electron chi connectivity index (χ3n) is 3.54. The maximum Gasteiger partial charge on any atom is 0.0497 e. The van der Waals surface area contributed by atoms with Crippen LogP contribution >= 0.6 is 27.3 Å². The largest absolute Gasteiger partial charge is 0.134 e. The molecule has 0 saturated carbocycles. The van der Waals surface area contributed by atoms with E-state index < -0.39 is 0 Å². The lowest BCUT2D eigenvalue weighted by Crippen LogP contribution is -1.78. The van der Waals surface area contributed by atoms with Crippen molar-refractivity contribution < 1.29 is 0 Å². The van der Waals surface area contributed by atoms with Crippen LogP contribution in [-0.2, 0) is 0 Å². The minimum absolute atomic E-state index is 1.18. The van der Waals surface area contributed by atoms with Gasteiger partial charge in [-0.3, -0.25) is 0 Å². The molecule has 0 aliphatic rings. The monoisotopic (exact) mass is 338 g/mol. The summed E-state index contributed by atoms with van der Waals surface area (Å²) in [7, 11) is 0. The van der Waals surface area contributed by atoms with E-state index in [-0.39, 0.29) is 0 Å². The topological polar surface area (TPSA) is 0 Å². The lowest BCUT2D eigenvalue weighted by molar-refractivity contribution is 1.65.